The molecule has 1 aromatic rings. The molecule has 86 valence electrons. The van der Waals surface area contributed by atoms with Gasteiger partial charge in [0.15, 0.2) is 0 Å². The quantitative estimate of drug-likeness (QED) is 0.595. The summed E-state index contributed by atoms with van der Waals surface area (Å²) in [5, 5.41) is 4.79. The van der Waals surface area contributed by atoms with Crippen LogP contribution < -0.4 is 16.4 Å². The summed E-state index contributed by atoms with van der Waals surface area (Å²) >= 11 is 0. The SMILES string of the molecule is Cc1ccc(NC(=O)C(=O)NCCN)cn1. The van der Waals surface area contributed by atoms with Gasteiger partial charge in [0, 0.05) is 18.8 Å². The van der Waals surface area contributed by atoms with Crippen LogP contribution in [0.4, 0.5) is 5.69 Å². The van der Waals surface area contributed by atoms with Crippen LogP contribution in [-0.4, -0.2) is 29.9 Å². The zero-order valence-electron chi connectivity index (χ0n) is 8.99. The molecule has 0 aliphatic heterocycles. The number of carbonyl (C=O) groups excluding carboxylic acids is 2. The maximum absolute atomic E-state index is 11.3. The molecule has 0 aliphatic rings. The van der Waals surface area contributed by atoms with Crippen molar-refractivity contribution in [2.24, 2.45) is 5.73 Å². The monoisotopic (exact) mass is 222 g/mol. The minimum absolute atomic E-state index is 0.276. The highest BCUT2D eigenvalue weighted by molar-refractivity contribution is 6.39. The minimum Gasteiger partial charge on any atom is -0.347 e. The van der Waals surface area contributed by atoms with Gasteiger partial charge in [-0.2, -0.15) is 0 Å². The molecule has 6 heteroatoms. The molecule has 0 bridgehead atoms. The van der Waals surface area contributed by atoms with Crippen LogP contribution >= 0.6 is 0 Å². The fourth-order valence-electron chi connectivity index (χ4n) is 0.996. The second-order valence-electron chi connectivity index (χ2n) is 3.19. The fourth-order valence-corrected chi connectivity index (χ4v) is 0.996. The first-order chi connectivity index (χ1) is 7.63. The first-order valence-corrected chi connectivity index (χ1v) is 4.85. The lowest BCUT2D eigenvalue weighted by molar-refractivity contribution is -0.136. The van der Waals surface area contributed by atoms with E-state index in [0.29, 0.717) is 12.2 Å². The van der Waals surface area contributed by atoms with Crippen molar-refractivity contribution in [2.75, 3.05) is 18.4 Å². The number of hydrogen-bond acceptors (Lipinski definition) is 4. The molecule has 0 radical (unpaired) electrons. The van der Waals surface area contributed by atoms with Crippen molar-refractivity contribution in [3.05, 3.63) is 24.0 Å². The van der Waals surface area contributed by atoms with Gasteiger partial charge < -0.3 is 16.4 Å². The number of pyridine rings is 1. The molecular formula is C10H14N4O2. The molecule has 0 aromatic carbocycles. The summed E-state index contributed by atoms with van der Waals surface area (Å²) in [6.07, 6.45) is 1.49. The summed E-state index contributed by atoms with van der Waals surface area (Å²) < 4.78 is 0. The normalized spacial score (nSPS) is 9.62. The number of hydrogen-bond donors (Lipinski definition) is 3. The van der Waals surface area contributed by atoms with Crippen molar-refractivity contribution < 1.29 is 9.59 Å². The molecule has 0 atom stereocenters. The van der Waals surface area contributed by atoms with Gasteiger partial charge in [-0.15, -0.1) is 0 Å². The van der Waals surface area contributed by atoms with E-state index in [1.54, 1.807) is 12.1 Å². The van der Waals surface area contributed by atoms with Crippen molar-refractivity contribution in [1.29, 1.82) is 0 Å². The van der Waals surface area contributed by atoms with Gasteiger partial charge in [0.25, 0.3) is 0 Å². The minimum atomic E-state index is -0.723. The fraction of sp³-hybridized carbons (Fsp3) is 0.300. The van der Waals surface area contributed by atoms with Gasteiger partial charge in [-0.1, -0.05) is 0 Å². The molecule has 0 fully saturated rings. The van der Waals surface area contributed by atoms with E-state index in [9.17, 15) is 9.59 Å². The summed E-state index contributed by atoms with van der Waals surface area (Å²) in [6.45, 7) is 2.41. The summed E-state index contributed by atoms with van der Waals surface area (Å²) in [7, 11) is 0. The smallest absolute Gasteiger partial charge is 0.313 e. The first-order valence-electron chi connectivity index (χ1n) is 4.85. The maximum atomic E-state index is 11.3. The summed E-state index contributed by atoms with van der Waals surface area (Å²) in [5.74, 6) is -1.43. The maximum Gasteiger partial charge on any atom is 0.313 e. The van der Waals surface area contributed by atoms with E-state index < -0.39 is 11.8 Å². The zero-order valence-corrected chi connectivity index (χ0v) is 8.99. The van der Waals surface area contributed by atoms with Crippen molar-refractivity contribution in [3.63, 3.8) is 0 Å². The molecule has 0 aliphatic carbocycles. The van der Waals surface area contributed by atoms with E-state index in [4.69, 9.17) is 5.73 Å². The standard InChI is InChI=1S/C10H14N4O2/c1-7-2-3-8(6-13-7)14-10(16)9(15)12-5-4-11/h2-3,6H,4-5,11H2,1H3,(H,12,15)(H,14,16). The third-order valence-electron chi connectivity index (χ3n) is 1.81. The Hall–Kier alpha value is -1.95. The molecule has 2 amide bonds. The molecule has 6 nitrogen and oxygen atoms in total. The number of aromatic nitrogens is 1. The second-order valence-corrected chi connectivity index (χ2v) is 3.19. The number of nitrogens with zero attached hydrogens (tertiary/aromatic N) is 1. The van der Waals surface area contributed by atoms with E-state index in [0.717, 1.165) is 5.69 Å². The number of nitrogens with two attached hydrogens (primary N) is 1. The zero-order chi connectivity index (χ0) is 12.0. The van der Waals surface area contributed by atoms with Gasteiger partial charge in [-0.3, -0.25) is 14.6 Å². The Kier molecular flexibility index (Phi) is 4.41. The number of aryl methyl sites for hydroxylation is 1. The van der Waals surface area contributed by atoms with Crippen molar-refractivity contribution in [3.8, 4) is 0 Å². The molecule has 0 saturated carbocycles. The molecule has 0 saturated heterocycles. The highest BCUT2D eigenvalue weighted by Crippen LogP contribution is 2.04. The molecule has 0 unspecified atom stereocenters. The largest absolute Gasteiger partial charge is 0.347 e. The highest BCUT2D eigenvalue weighted by atomic mass is 16.2. The predicted molar refractivity (Wildman–Crippen MR) is 59.7 cm³/mol. The van der Waals surface area contributed by atoms with Crippen LogP contribution in [-0.2, 0) is 9.59 Å². The number of amides is 2. The summed E-state index contributed by atoms with van der Waals surface area (Å²) in [6, 6.07) is 3.42. The molecule has 1 aromatic heterocycles. The Balaban J connectivity index is 2.51. The Morgan fingerprint density at radius 1 is 1.38 bits per heavy atom. The molecule has 16 heavy (non-hydrogen) atoms. The Bertz CT molecular complexity index is 375. The molecule has 4 N–H and O–H groups in total. The van der Waals surface area contributed by atoms with Crippen LogP contribution in [0.1, 0.15) is 5.69 Å². The first kappa shape index (κ1) is 12.1. The van der Waals surface area contributed by atoms with Gasteiger partial charge in [-0.05, 0) is 19.1 Å². The number of carbonyl (C=O) groups is 2. The Morgan fingerprint density at radius 2 is 2.12 bits per heavy atom. The van der Waals surface area contributed by atoms with Gasteiger partial charge in [0.05, 0.1) is 11.9 Å². The van der Waals surface area contributed by atoms with E-state index in [1.165, 1.54) is 6.20 Å². The van der Waals surface area contributed by atoms with E-state index >= 15 is 0 Å². The van der Waals surface area contributed by atoms with Crippen LogP contribution in [0.2, 0.25) is 0 Å². The van der Waals surface area contributed by atoms with Crippen LogP contribution in [0.25, 0.3) is 0 Å². The van der Waals surface area contributed by atoms with Gasteiger partial charge in [0.1, 0.15) is 0 Å². The van der Waals surface area contributed by atoms with Gasteiger partial charge in [0.2, 0.25) is 0 Å². The Morgan fingerprint density at radius 3 is 2.69 bits per heavy atom. The summed E-state index contributed by atoms with van der Waals surface area (Å²) in [4.78, 5) is 26.5. The number of anilines is 1. The second kappa shape index (κ2) is 5.82. The van der Waals surface area contributed by atoms with E-state index in [2.05, 4.69) is 15.6 Å². The number of nitrogens with one attached hydrogen (secondary N) is 2. The summed E-state index contributed by atoms with van der Waals surface area (Å²) in [5.41, 5.74) is 6.51. The topological polar surface area (TPSA) is 97.1 Å². The van der Waals surface area contributed by atoms with Crippen molar-refractivity contribution in [2.45, 2.75) is 6.92 Å². The highest BCUT2D eigenvalue weighted by Gasteiger charge is 2.12. The van der Waals surface area contributed by atoms with Gasteiger partial charge in [-0.25, -0.2) is 0 Å². The molecule has 0 spiro atoms. The van der Waals surface area contributed by atoms with Crippen LogP contribution in [0, 0.1) is 6.92 Å². The molecule has 1 rings (SSSR count). The van der Waals surface area contributed by atoms with E-state index in [-0.39, 0.29) is 6.54 Å². The van der Waals surface area contributed by atoms with Crippen molar-refractivity contribution in [1.82, 2.24) is 10.3 Å². The Labute approximate surface area is 93.2 Å². The molecule has 1 heterocycles. The van der Waals surface area contributed by atoms with Crippen LogP contribution in [0.15, 0.2) is 18.3 Å². The lowest BCUT2D eigenvalue weighted by Gasteiger charge is -2.05. The average Bonchev–Trinajstić information content (AvgIpc) is 2.29. The van der Waals surface area contributed by atoms with Gasteiger partial charge >= 0.3 is 11.8 Å². The lowest BCUT2D eigenvalue weighted by atomic mass is 10.3. The number of rotatable bonds is 3. The van der Waals surface area contributed by atoms with Crippen LogP contribution in [0.5, 0.6) is 0 Å². The average molecular weight is 222 g/mol. The third-order valence-corrected chi connectivity index (χ3v) is 1.81. The predicted octanol–water partition coefficient (Wildman–Crippen LogP) is -0.597. The third kappa shape index (κ3) is 3.66. The molecular weight excluding hydrogens is 208 g/mol. The van der Waals surface area contributed by atoms with Crippen LogP contribution in [0.3, 0.4) is 0 Å². The van der Waals surface area contributed by atoms with E-state index in [1.807, 2.05) is 6.92 Å². The lowest BCUT2D eigenvalue weighted by Crippen LogP contribution is -2.37. The van der Waals surface area contributed by atoms with Crippen molar-refractivity contribution >= 4 is 17.5 Å².